The molecule has 1 heterocycles. The lowest BCUT2D eigenvalue weighted by Crippen LogP contribution is -2.13. The summed E-state index contributed by atoms with van der Waals surface area (Å²) in [5.74, 6) is 1.19. The van der Waals surface area contributed by atoms with E-state index in [0.717, 1.165) is 5.56 Å². The average Bonchev–Trinajstić information content (AvgIpc) is 2.96. The van der Waals surface area contributed by atoms with Crippen molar-refractivity contribution in [1.29, 1.82) is 0 Å². The number of ether oxygens (including phenoxy) is 2. The maximum atomic E-state index is 12.3. The van der Waals surface area contributed by atoms with Crippen molar-refractivity contribution in [3.8, 4) is 11.5 Å². The van der Waals surface area contributed by atoms with Gasteiger partial charge in [-0.1, -0.05) is 24.3 Å². The number of amides is 1. The van der Waals surface area contributed by atoms with E-state index in [1.165, 1.54) is 0 Å². The molecule has 2 aromatic carbocycles. The van der Waals surface area contributed by atoms with Crippen molar-refractivity contribution >= 4 is 11.6 Å². The standard InChI is InChI=1S/C17H15NO3/c1-2-6-13-9-15-16(21-11-20-15)10-14(13)18-17(19)12-7-4-3-5-8-12/h2-5,7-10H,1,6,11H2,(H,18,19). The van der Waals surface area contributed by atoms with Crippen LogP contribution in [0, 0.1) is 0 Å². The van der Waals surface area contributed by atoms with E-state index in [2.05, 4.69) is 11.9 Å². The second-order valence-electron chi connectivity index (χ2n) is 4.68. The van der Waals surface area contributed by atoms with Crippen LogP contribution < -0.4 is 14.8 Å². The average molecular weight is 281 g/mol. The van der Waals surface area contributed by atoms with Crippen LogP contribution >= 0.6 is 0 Å². The summed E-state index contributed by atoms with van der Waals surface area (Å²) < 4.78 is 10.7. The Balaban J connectivity index is 1.90. The highest BCUT2D eigenvalue weighted by molar-refractivity contribution is 6.04. The molecule has 0 aromatic heterocycles. The summed E-state index contributed by atoms with van der Waals surface area (Å²) in [7, 11) is 0. The number of fused-ring (bicyclic) bond motifs is 1. The molecule has 0 fully saturated rings. The van der Waals surface area contributed by atoms with Gasteiger partial charge in [0.15, 0.2) is 11.5 Å². The highest BCUT2D eigenvalue weighted by Crippen LogP contribution is 2.37. The third-order valence-corrected chi connectivity index (χ3v) is 3.25. The maximum absolute atomic E-state index is 12.3. The fourth-order valence-electron chi connectivity index (χ4n) is 2.21. The van der Waals surface area contributed by atoms with Crippen LogP contribution in [0.3, 0.4) is 0 Å². The van der Waals surface area contributed by atoms with Crippen molar-refractivity contribution in [2.75, 3.05) is 12.1 Å². The zero-order valence-electron chi connectivity index (χ0n) is 11.5. The predicted octanol–water partition coefficient (Wildman–Crippen LogP) is 3.40. The normalized spacial score (nSPS) is 12.0. The molecule has 4 nitrogen and oxygen atoms in total. The van der Waals surface area contributed by atoms with Crippen molar-refractivity contribution in [2.45, 2.75) is 6.42 Å². The van der Waals surface area contributed by atoms with Gasteiger partial charge in [-0.05, 0) is 30.2 Å². The molecule has 0 spiro atoms. The summed E-state index contributed by atoms with van der Waals surface area (Å²) in [5.41, 5.74) is 2.27. The van der Waals surface area contributed by atoms with E-state index in [0.29, 0.717) is 29.2 Å². The van der Waals surface area contributed by atoms with Gasteiger partial charge in [0.1, 0.15) is 0 Å². The van der Waals surface area contributed by atoms with Crippen LogP contribution in [0.1, 0.15) is 15.9 Å². The van der Waals surface area contributed by atoms with E-state index in [1.807, 2.05) is 24.3 Å². The summed E-state index contributed by atoms with van der Waals surface area (Å²) in [6, 6.07) is 12.8. The van der Waals surface area contributed by atoms with E-state index >= 15 is 0 Å². The lowest BCUT2D eigenvalue weighted by molar-refractivity contribution is 0.102. The van der Waals surface area contributed by atoms with Crippen LogP contribution in [-0.4, -0.2) is 12.7 Å². The van der Waals surface area contributed by atoms with Crippen molar-refractivity contribution in [3.63, 3.8) is 0 Å². The first-order valence-electron chi connectivity index (χ1n) is 6.68. The van der Waals surface area contributed by atoms with Gasteiger partial charge < -0.3 is 14.8 Å². The molecular weight excluding hydrogens is 266 g/mol. The molecule has 0 atom stereocenters. The Kier molecular flexibility index (Phi) is 3.60. The second kappa shape index (κ2) is 5.71. The monoisotopic (exact) mass is 281 g/mol. The van der Waals surface area contributed by atoms with Gasteiger partial charge in [0.2, 0.25) is 6.79 Å². The molecular formula is C17H15NO3. The van der Waals surface area contributed by atoms with Crippen LogP contribution in [-0.2, 0) is 6.42 Å². The van der Waals surface area contributed by atoms with Gasteiger partial charge in [-0.3, -0.25) is 4.79 Å². The number of hydrogen-bond donors (Lipinski definition) is 1. The summed E-state index contributed by atoms with van der Waals surface area (Å²) in [6.45, 7) is 3.95. The molecule has 1 aliphatic heterocycles. The molecule has 0 saturated carbocycles. The van der Waals surface area contributed by atoms with E-state index in [4.69, 9.17) is 9.47 Å². The molecule has 0 unspecified atom stereocenters. The minimum Gasteiger partial charge on any atom is -0.454 e. The number of carbonyl (C=O) groups excluding carboxylic acids is 1. The minimum absolute atomic E-state index is 0.153. The van der Waals surface area contributed by atoms with Crippen LogP contribution in [0.15, 0.2) is 55.1 Å². The van der Waals surface area contributed by atoms with Crippen LogP contribution in [0.4, 0.5) is 5.69 Å². The molecule has 1 N–H and O–H groups in total. The fourth-order valence-corrected chi connectivity index (χ4v) is 2.21. The number of benzene rings is 2. The Morgan fingerprint density at radius 1 is 1.19 bits per heavy atom. The van der Waals surface area contributed by atoms with Crippen LogP contribution in [0.5, 0.6) is 11.5 Å². The van der Waals surface area contributed by atoms with E-state index in [1.54, 1.807) is 24.3 Å². The minimum atomic E-state index is -0.153. The summed E-state index contributed by atoms with van der Waals surface area (Å²) >= 11 is 0. The largest absolute Gasteiger partial charge is 0.454 e. The molecule has 1 amide bonds. The van der Waals surface area contributed by atoms with Gasteiger partial charge >= 0.3 is 0 Å². The lowest BCUT2D eigenvalue weighted by atomic mass is 10.1. The van der Waals surface area contributed by atoms with E-state index in [9.17, 15) is 4.79 Å². The first-order valence-corrected chi connectivity index (χ1v) is 6.68. The van der Waals surface area contributed by atoms with Gasteiger partial charge in [0.25, 0.3) is 5.91 Å². The number of hydrogen-bond acceptors (Lipinski definition) is 3. The third kappa shape index (κ3) is 2.74. The molecule has 0 saturated heterocycles. The molecule has 21 heavy (non-hydrogen) atoms. The highest BCUT2D eigenvalue weighted by Gasteiger charge is 2.18. The fraction of sp³-hybridized carbons (Fsp3) is 0.118. The lowest BCUT2D eigenvalue weighted by Gasteiger charge is -2.11. The number of rotatable bonds is 4. The zero-order valence-corrected chi connectivity index (χ0v) is 11.5. The van der Waals surface area contributed by atoms with E-state index in [-0.39, 0.29) is 12.7 Å². The van der Waals surface area contributed by atoms with Crippen LogP contribution in [0.25, 0.3) is 0 Å². The first-order chi connectivity index (χ1) is 10.3. The zero-order chi connectivity index (χ0) is 14.7. The number of anilines is 1. The second-order valence-corrected chi connectivity index (χ2v) is 4.68. The number of allylic oxidation sites excluding steroid dienone is 1. The quantitative estimate of drug-likeness (QED) is 0.874. The van der Waals surface area contributed by atoms with Gasteiger partial charge in [-0.25, -0.2) is 0 Å². The molecule has 0 radical (unpaired) electrons. The van der Waals surface area contributed by atoms with Gasteiger partial charge in [0, 0.05) is 17.3 Å². The van der Waals surface area contributed by atoms with Crippen molar-refractivity contribution in [2.24, 2.45) is 0 Å². The Hall–Kier alpha value is -2.75. The summed E-state index contributed by atoms with van der Waals surface area (Å²) in [4.78, 5) is 12.3. The smallest absolute Gasteiger partial charge is 0.255 e. The van der Waals surface area contributed by atoms with E-state index < -0.39 is 0 Å². The summed E-state index contributed by atoms with van der Waals surface area (Å²) in [6.07, 6.45) is 2.43. The number of carbonyl (C=O) groups is 1. The predicted molar refractivity (Wildman–Crippen MR) is 80.9 cm³/mol. The van der Waals surface area contributed by atoms with Crippen molar-refractivity contribution in [1.82, 2.24) is 0 Å². The van der Waals surface area contributed by atoms with Gasteiger partial charge in [0.05, 0.1) is 0 Å². The first kappa shape index (κ1) is 13.2. The summed E-state index contributed by atoms with van der Waals surface area (Å²) in [5, 5.41) is 2.92. The molecule has 0 aliphatic carbocycles. The number of nitrogens with one attached hydrogen (secondary N) is 1. The van der Waals surface area contributed by atoms with Gasteiger partial charge in [-0.2, -0.15) is 0 Å². The topological polar surface area (TPSA) is 47.6 Å². The van der Waals surface area contributed by atoms with Crippen molar-refractivity contribution < 1.29 is 14.3 Å². The Bertz CT molecular complexity index is 680. The van der Waals surface area contributed by atoms with Crippen LogP contribution in [0.2, 0.25) is 0 Å². The molecule has 1 aliphatic rings. The Labute approximate surface area is 123 Å². The molecule has 2 aromatic rings. The third-order valence-electron chi connectivity index (χ3n) is 3.25. The highest BCUT2D eigenvalue weighted by atomic mass is 16.7. The molecule has 0 bridgehead atoms. The Morgan fingerprint density at radius 2 is 1.90 bits per heavy atom. The molecule has 106 valence electrons. The molecule has 4 heteroatoms. The van der Waals surface area contributed by atoms with Gasteiger partial charge in [-0.15, -0.1) is 6.58 Å². The maximum Gasteiger partial charge on any atom is 0.255 e. The van der Waals surface area contributed by atoms with Crippen molar-refractivity contribution in [3.05, 3.63) is 66.2 Å². The SMILES string of the molecule is C=CCc1cc2c(cc1NC(=O)c1ccccc1)OCO2. The Morgan fingerprint density at radius 3 is 2.62 bits per heavy atom. The molecule has 3 rings (SSSR count).